The van der Waals surface area contributed by atoms with Gasteiger partial charge >= 0.3 is 0 Å². The first-order valence-corrected chi connectivity index (χ1v) is 7.98. The van der Waals surface area contributed by atoms with Crippen LogP contribution in [0.5, 0.6) is 0 Å². The summed E-state index contributed by atoms with van der Waals surface area (Å²) in [6, 6.07) is 0. The zero-order valence-electron chi connectivity index (χ0n) is 10.1. The predicted molar refractivity (Wildman–Crippen MR) is 65.1 cm³/mol. The van der Waals surface area contributed by atoms with E-state index in [1.54, 1.807) is 0 Å². The van der Waals surface area contributed by atoms with Crippen LogP contribution in [0, 0.1) is 5.92 Å². The summed E-state index contributed by atoms with van der Waals surface area (Å²) in [5, 5.41) is 12.8. The van der Waals surface area contributed by atoms with Crippen LogP contribution in [0.2, 0.25) is 0 Å². The van der Waals surface area contributed by atoms with Gasteiger partial charge in [0, 0.05) is 12.8 Å². The molecule has 1 rings (SSSR count). The van der Waals surface area contributed by atoms with E-state index in [-0.39, 0.29) is 11.2 Å². The lowest BCUT2D eigenvalue weighted by Gasteiger charge is -2.31. The fraction of sp³-hybridized carbons (Fsp3) is 1.00. The van der Waals surface area contributed by atoms with E-state index in [4.69, 9.17) is 0 Å². The van der Waals surface area contributed by atoms with E-state index in [0.717, 1.165) is 25.8 Å². The summed E-state index contributed by atoms with van der Waals surface area (Å²) >= 11 is 0. The minimum Gasteiger partial charge on any atom is -0.392 e. The van der Waals surface area contributed by atoms with Crippen LogP contribution < -0.4 is 5.32 Å². The highest BCUT2D eigenvalue weighted by Gasteiger charge is 2.31. The topological polar surface area (TPSA) is 66.4 Å². The van der Waals surface area contributed by atoms with Crippen molar-refractivity contribution in [3.05, 3.63) is 0 Å². The third kappa shape index (κ3) is 4.03. The molecule has 0 amide bonds. The average Bonchev–Trinajstić information content (AvgIpc) is 2.25. The van der Waals surface area contributed by atoms with Crippen molar-refractivity contribution in [2.45, 2.75) is 44.0 Å². The average molecular weight is 249 g/mol. The van der Waals surface area contributed by atoms with Gasteiger partial charge in [0.25, 0.3) is 0 Å². The molecule has 96 valence electrons. The van der Waals surface area contributed by atoms with Gasteiger partial charge in [-0.3, -0.25) is 0 Å². The molecule has 0 aromatic carbocycles. The molecule has 5 heteroatoms. The largest absolute Gasteiger partial charge is 0.392 e. The van der Waals surface area contributed by atoms with E-state index in [9.17, 15) is 13.5 Å². The maximum Gasteiger partial charge on any atom is 0.150 e. The van der Waals surface area contributed by atoms with Crippen LogP contribution in [0.1, 0.15) is 32.6 Å². The highest BCUT2D eigenvalue weighted by Crippen LogP contribution is 2.30. The van der Waals surface area contributed by atoms with E-state index in [1.807, 2.05) is 6.92 Å². The monoisotopic (exact) mass is 249 g/mol. The van der Waals surface area contributed by atoms with Crippen LogP contribution in [-0.4, -0.2) is 44.2 Å². The molecule has 1 saturated carbocycles. The lowest BCUT2D eigenvalue weighted by atomic mass is 9.85. The molecule has 3 atom stereocenters. The number of rotatable bonds is 5. The van der Waals surface area contributed by atoms with E-state index < -0.39 is 15.9 Å². The maximum absolute atomic E-state index is 11.5. The first-order chi connectivity index (χ1) is 7.45. The SMILES string of the molecule is CCNCC(O)C1CCCC(S(C)(=O)=O)C1. The second kappa shape index (κ2) is 5.98. The van der Waals surface area contributed by atoms with Crippen LogP contribution in [-0.2, 0) is 9.84 Å². The molecular weight excluding hydrogens is 226 g/mol. The van der Waals surface area contributed by atoms with Crippen LogP contribution >= 0.6 is 0 Å². The zero-order valence-corrected chi connectivity index (χ0v) is 11.0. The number of aliphatic hydroxyl groups excluding tert-OH is 1. The summed E-state index contributed by atoms with van der Waals surface area (Å²) in [5.41, 5.74) is 0. The molecule has 1 aliphatic rings. The Morgan fingerprint density at radius 1 is 1.44 bits per heavy atom. The standard InChI is InChI=1S/C11H23NO3S/c1-3-12-8-11(13)9-5-4-6-10(7-9)16(2,14)15/h9-13H,3-8H2,1-2H3. The van der Waals surface area contributed by atoms with Gasteiger partial charge in [0.05, 0.1) is 11.4 Å². The Balaban J connectivity index is 2.50. The second-order valence-electron chi connectivity index (χ2n) is 4.75. The number of hydrogen-bond donors (Lipinski definition) is 2. The van der Waals surface area contributed by atoms with Gasteiger partial charge in [0.2, 0.25) is 0 Å². The minimum absolute atomic E-state index is 0.132. The number of nitrogens with one attached hydrogen (secondary N) is 1. The van der Waals surface area contributed by atoms with Crippen molar-refractivity contribution in [2.75, 3.05) is 19.3 Å². The Hall–Kier alpha value is -0.130. The Morgan fingerprint density at radius 2 is 2.12 bits per heavy atom. The Labute approximate surface area is 98.4 Å². The first-order valence-electron chi connectivity index (χ1n) is 6.02. The van der Waals surface area contributed by atoms with Gasteiger partial charge < -0.3 is 10.4 Å². The van der Waals surface area contributed by atoms with Crippen molar-refractivity contribution >= 4 is 9.84 Å². The highest BCUT2D eigenvalue weighted by molar-refractivity contribution is 7.91. The van der Waals surface area contributed by atoms with Crippen LogP contribution in [0.3, 0.4) is 0 Å². The van der Waals surface area contributed by atoms with Crippen molar-refractivity contribution in [1.29, 1.82) is 0 Å². The number of aliphatic hydroxyl groups is 1. The summed E-state index contributed by atoms with van der Waals surface area (Å²) < 4.78 is 22.9. The van der Waals surface area contributed by atoms with Gasteiger partial charge in [-0.25, -0.2) is 8.42 Å². The quantitative estimate of drug-likeness (QED) is 0.747. The van der Waals surface area contributed by atoms with Crippen LogP contribution in [0.25, 0.3) is 0 Å². The van der Waals surface area contributed by atoms with Crippen molar-refractivity contribution in [3.63, 3.8) is 0 Å². The van der Waals surface area contributed by atoms with E-state index in [1.165, 1.54) is 6.26 Å². The van der Waals surface area contributed by atoms with Crippen molar-refractivity contribution in [2.24, 2.45) is 5.92 Å². The summed E-state index contributed by atoms with van der Waals surface area (Å²) in [7, 11) is -2.94. The van der Waals surface area contributed by atoms with Crippen molar-refractivity contribution < 1.29 is 13.5 Å². The Morgan fingerprint density at radius 3 is 2.69 bits per heavy atom. The maximum atomic E-state index is 11.5. The smallest absolute Gasteiger partial charge is 0.150 e. The molecule has 0 bridgehead atoms. The van der Waals surface area contributed by atoms with E-state index >= 15 is 0 Å². The van der Waals surface area contributed by atoms with Crippen molar-refractivity contribution in [1.82, 2.24) is 5.32 Å². The minimum atomic E-state index is -2.94. The zero-order chi connectivity index (χ0) is 12.2. The van der Waals surface area contributed by atoms with Gasteiger partial charge in [-0.15, -0.1) is 0 Å². The predicted octanol–water partition coefficient (Wildman–Crippen LogP) is 0.560. The van der Waals surface area contributed by atoms with Crippen LogP contribution in [0.15, 0.2) is 0 Å². The first kappa shape index (κ1) is 13.9. The molecular formula is C11H23NO3S. The number of hydrogen-bond acceptors (Lipinski definition) is 4. The summed E-state index contributed by atoms with van der Waals surface area (Å²) in [6.07, 6.45) is 4.11. The molecule has 0 heterocycles. The molecule has 0 radical (unpaired) electrons. The van der Waals surface area contributed by atoms with Gasteiger partial charge in [-0.05, 0) is 31.7 Å². The molecule has 0 aromatic heterocycles. The van der Waals surface area contributed by atoms with Gasteiger partial charge in [0.15, 0.2) is 0 Å². The molecule has 4 nitrogen and oxygen atoms in total. The lowest BCUT2D eigenvalue weighted by molar-refractivity contribution is 0.0855. The van der Waals surface area contributed by atoms with E-state index in [0.29, 0.717) is 13.0 Å². The number of sulfone groups is 1. The molecule has 1 aliphatic carbocycles. The van der Waals surface area contributed by atoms with Crippen molar-refractivity contribution in [3.8, 4) is 0 Å². The molecule has 2 N–H and O–H groups in total. The van der Waals surface area contributed by atoms with Gasteiger partial charge in [-0.2, -0.15) is 0 Å². The molecule has 0 aliphatic heterocycles. The Bertz CT molecular complexity index is 302. The second-order valence-corrected chi connectivity index (χ2v) is 7.08. The summed E-state index contributed by atoms with van der Waals surface area (Å²) in [5.74, 6) is 0.132. The highest BCUT2D eigenvalue weighted by atomic mass is 32.2. The van der Waals surface area contributed by atoms with Gasteiger partial charge in [-0.1, -0.05) is 13.3 Å². The van der Waals surface area contributed by atoms with Gasteiger partial charge in [0.1, 0.15) is 9.84 Å². The fourth-order valence-electron chi connectivity index (χ4n) is 2.38. The number of likely N-dealkylation sites (N-methyl/N-ethyl adjacent to an activating group) is 1. The fourth-order valence-corrected chi connectivity index (χ4v) is 3.57. The third-order valence-electron chi connectivity index (χ3n) is 3.42. The molecule has 0 saturated heterocycles. The summed E-state index contributed by atoms with van der Waals surface area (Å²) in [6.45, 7) is 3.39. The molecule has 0 aromatic rings. The van der Waals surface area contributed by atoms with Crippen LogP contribution in [0.4, 0.5) is 0 Å². The summed E-state index contributed by atoms with van der Waals surface area (Å²) in [4.78, 5) is 0. The molecule has 3 unspecified atom stereocenters. The normalized spacial score (nSPS) is 28.9. The molecule has 16 heavy (non-hydrogen) atoms. The van der Waals surface area contributed by atoms with E-state index in [2.05, 4.69) is 5.32 Å². The third-order valence-corrected chi connectivity index (χ3v) is 5.06. The molecule has 1 fully saturated rings. The Kier molecular flexibility index (Phi) is 5.21. The lowest BCUT2D eigenvalue weighted by Crippen LogP contribution is -2.38. The molecule has 0 spiro atoms.